The first-order valence-electron chi connectivity index (χ1n) is 12.9. The van der Waals surface area contributed by atoms with Gasteiger partial charge in [0.25, 0.3) is 0 Å². The molecule has 0 aliphatic heterocycles. The Morgan fingerprint density at radius 1 is 0.780 bits per heavy atom. The van der Waals surface area contributed by atoms with Crippen LogP contribution >= 0.6 is 0 Å². The third kappa shape index (κ3) is 11.5. The number of rotatable bonds is 16. The summed E-state index contributed by atoms with van der Waals surface area (Å²) in [4.78, 5) is 54.8. The zero-order valence-corrected chi connectivity index (χ0v) is 22.4. The number of hydrogen-bond acceptors (Lipinski definition) is 8. The lowest BCUT2D eigenvalue weighted by Crippen LogP contribution is -2.58. The van der Waals surface area contributed by atoms with Crippen molar-refractivity contribution < 1.29 is 34.5 Å². The standard InChI is InChI=1S/C27H37N7O7/c28-19(15-35)23(37)33-21(13-16-5-2-1-3-6-16)25(39)34-22(14-17-8-10-18(36)11-9-17)24(38)32-20(26(40)41)7-4-12-31-27(29)30/h1-3,5-6,8-11,19-22,35-36H,4,7,12-15,28H2,(H,32,38)(H,33,37)(H,34,39)(H,40,41)(H4,29,30,31). The van der Waals surface area contributed by atoms with E-state index in [9.17, 15) is 34.5 Å². The van der Waals surface area contributed by atoms with E-state index in [-0.39, 0.29) is 43.9 Å². The molecule has 2 rings (SSSR count). The van der Waals surface area contributed by atoms with Gasteiger partial charge in [-0.15, -0.1) is 0 Å². The number of nitrogens with zero attached hydrogens (tertiary/aromatic N) is 1. The number of carbonyl (C=O) groups excluding carboxylic acids is 3. The maximum Gasteiger partial charge on any atom is 0.326 e. The molecule has 2 aromatic carbocycles. The minimum absolute atomic E-state index is 0.00337. The Labute approximate surface area is 237 Å². The number of phenols is 1. The van der Waals surface area contributed by atoms with Crippen molar-refractivity contribution in [3.05, 3.63) is 65.7 Å². The molecule has 4 unspecified atom stereocenters. The number of benzene rings is 2. The fraction of sp³-hybridized carbons (Fsp3) is 0.370. The molecule has 0 radical (unpaired) electrons. The molecule has 0 fully saturated rings. The van der Waals surface area contributed by atoms with Gasteiger partial charge in [0.2, 0.25) is 17.7 Å². The van der Waals surface area contributed by atoms with Gasteiger partial charge in [0.05, 0.1) is 6.61 Å². The van der Waals surface area contributed by atoms with Gasteiger partial charge in [-0.25, -0.2) is 4.79 Å². The van der Waals surface area contributed by atoms with Crippen molar-refractivity contribution in [2.24, 2.45) is 22.2 Å². The van der Waals surface area contributed by atoms with Crippen molar-refractivity contribution in [2.75, 3.05) is 13.2 Å². The van der Waals surface area contributed by atoms with Crippen LogP contribution in [-0.4, -0.2) is 82.3 Å². The highest BCUT2D eigenvalue weighted by Crippen LogP contribution is 2.13. The van der Waals surface area contributed by atoms with Gasteiger partial charge in [0, 0.05) is 19.4 Å². The maximum absolute atomic E-state index is 13.4. The summed E-state index contributed by atoms with van der Waals surface area (Å²) in [5, 5.41) is 36.1. The van der Waals surface area contributed by atoms with E-state index < -0.39 is 54.5 Å². The van der Waals surface area contributed by atoms with Crippen molar-refractivity contribution >= 4 is 29.7 Å². The number of amides is 3. The quantitative estimate of drug-likeness (QED) is 0.0613. The number of hydrogen-bond donors (Lipinski definition) is 9. The number of aliphatic hydroxyl groups is 1. The Bertz CT molecular complexity index is 1190. The number of aliphatic hydroxyl groups excluding tert-OH is 1. The highest BCUT2D eigenvalue weighted by atomic mass is 16.4. The fourth-order valence-corrected chi connectivity index (χ4v) is 3.80. The number of aliphatic carboxylic acids is 1. The van der Waals surface area contributed by atoms with Crippen LogP contribution in [0.1, 0.15) is 24.0 Å². The van der Waals surface area contributed by atoms with Crippen molar-refractivity contribution in [1.29, 1.82) is 0 Å². The summed E-state index contributed by atoms with van der Waals surface area (Å²) in [5.41, 5.74) is 17.5. The molecule has 0 aliphatic rings. The summed E-state index contributed by atoms with van der Waals surface area (Å²) in [5.74, 6) is -3.71. The lowest BCUT2D eigenvalue weighted by Gasteiger charge is -2.25. The van der Waals surface area contributed by atoms with Crippen LogP contribution in [0.2, 0.25) is 0 Å². The van der Waals surface area contributed by atoms with Crippen LogP contribution < -0.4 is 33.2 Å². The first kappa shape index (κ1) is 32.5. The summed E-state index contributed by atoms with van der Waals surface area (Å²) < 4.78 is 0. The van der Waals surface area contributed by atoms with E-state index in [0.717, 1.165) is 0 Å². The van der Waals surface area contributed by atoms with Crippen LogP contribution in [0.3, 0.4) is 0 Å². The molecule has 0 aliphatic carbocycles. The van der Waals surface area contributed by atoms with E-state index >= 15 is 0 Å². The summed E-state index contributed by atoms with van der Waals surface area (Å²) in [6.07, 6.45) is 0.275. The smallest absolute Gasteiger partial charge is 0.326 e. The topological polar surface area (TPSA) is 255 Å². The van der Waals surface area contributed by atoms with Gasteiger partial charge >= 0.3 is 5.97 Å². The average Bonchev–Trinajstić information content (AvgIpc) is 2.94. The minimum atomic E-state index is -1.29. The number of phenolic OH excluding ortho intramolecular Hbond substituents is 1. The number of aliphatic imine (C=N–C) groups is 1. The Balaban J connectivity index is 2.28. The van der Waals surface area contributed by atoms with Crippen molar-refractivity contribution in [3.8, 4) is 5.75 Å². The van der Waals surface area contributed by atoms with Crippen molar-refractivity contribution in [1.82, 2.24) is 16.0 Å². The van der Waals surface area contributed by atoms with Gasteiger partial charge in [-0.05, 0) is 36.1 Å². The number of carbonyl (C=O) groups is 4. The summed E-state index contributed by atoms with van der Waals surface area (Å²) >= 11 is 0. The SMILES string of the molecule is NC(N)=NCCCC(NC(=O)C(Cc1ccc(O)cc1)NC(=O)C(Cc1ccccc1)NC(=O)C(N)CO)C(=O)O. The number of carboxylic acids is 1. The molecule has 0 spiro atoms. The molecule has 0 aromatic heterocycles. The molecule has 14 nitrogen and oxygen atoms in total. The first-order chi connectivity index (χ1) is 19.5. The van der Waals surface area contributed by atoms with E-state index in [1.807, 2.05) is 0 Å². The predicted molar refractivity (Wildman–Crippen MR) is 150 cm³/mol. The lowest BCUT2D eigenvalue weighted by atomic mass is 10.0. The third-order valence-electron chi connectivity index (χ3n) is 6.02. The zero-order chi connectivity index (χ0) is 30.4. The Morgan fingerprint density at radius 3 is 1.80 bits per heavy atom. The van der Waals surface area contributed by atoms with Crippen LogP contribution in [-0.2, 0) is 32.0 Å². The first-order valence-corrected chi connectivity index (χ1v) is 12.9. The number of aromatic hydroxyl groups is 1. The second kappa shape index (κ2) is 16.4. The highest BCUT2D eigenvalue weighted by molar-refractivity contribution is 5.94. The highest BCUT2D eigenvalue weighted by Gasteiger charge is 2.30. The molecule has 222 valence electrons. The van der Waals surface area contributed by atoms with Gasteiger partial charge < -0.3 is 48.5 Å². The number of nitrogens with two attached hydrogens (primary N) is 3. The molecular weight excluding hydrogens is 534 g/mol. The van der Waals surface area contributed by atoms with Crippen LogP contribution in [0.5, 0.6) is 5.75 Å². The Kier molecular flexibility index (Phi) is 13.0. The second-order valence-electron chi connectivity index (χ2n) is 9.32. The lowest BCUT2D eigenvalue weighted by molar-refractivity contribution is -0.142. The molecule has 4 atom stereocenters. The molecule has 41 heavy (non-hydrogen) atoms. The van der Waals surface area contributed by atoms with Gasteiger partial charge in [0.1, 0.15) is 29.9 Å². The molecule has 2 aromatic rings. The molecule has 0 bridgehead atoms. The summed E-state index contributed by atoms with van der Waals surface area (Å²) in [7, 11) is 0. The largest absolute Gasteiger partial charge is 0.508 e. The van der Waals surface area contributed by atoms with Crippen LogP contribution in [0.15, 0.2) is 59.6 Å². The Hall–Kier alpha value is -4.69. The predicted octanol–water partition coefficient (Wildman–Crippen LogP) is -1.91. The van der Waals surface area contributed by atoms with Gasteiger partial charge in [-0.2, -0.15) is 0 Å². The average molecular weight is 572 g/mol. The fourth-order valence-electron chi connectivity index (χ4n) is 3.80. The van der Waals surface area contributed by atoms with Gasteiger partial charge in [-0.3, -0.25) is 19.4 Å². The molecule has 14 heteroatoms. The Morgan fingerprint density at radius 2 is 1.29 bits per heavy atom. The summed E-state index contributed by atoms with van der Waals surface area (Å²) in [6.45, 7) is -0.482. The van der Waals surface area contributed by atoms with E-state index in [4.69, 9.17) is 17.2 Å². The monoisotopic (exact) mass is 571 g/mol. The van der Waals surface area contributed by atoms with E-state index in [1.165, 1.54) is 12.1 Å². The normalized spacial score (nSPS) is 13.6. The van der Waals surface area contributed by atoms with Crippen LogP contribution in [0.4, 0.5) is 0 Å². The maximum atomic E-state index is 13.4. The molecule has 12 N–H and O–H groups in total. The van der Waals surface area contributed by atoms with E-state index in [2.05, 4.69) is 20.9 Å². The molecule has 0 heterocycles. The number of guanidine groups is 1. The number of carboxylic acid groups (broad SMARTS) is 1. The molecule has 0 saturated heterocycles. The van der Waals surface area contributed by atoms with Crippen molar-refractivity contribution in [2.45, 2.75) is 49.9 Å². The van der Waals surface area contributed by atoms with Crippen molar-refractivity contribution in [3.63, 3.8) is 0 Å². The molecule has 0 saturated carbocycles. The zero-order valence-electron chi connectivity index (χ0n) is 22.4. The molecule has 3 amide bonds. The van der Waals surface area contributed by atoms with E-state index in [1.54, 1.807) is 42.5 Å². The van der Waals surface area contributed by atoms with Gasteiger partial charge in [0.15, 0.2) is 5.96 Å². The van der Waals surface area contributed by atoms with Crippen LogP contribution in [0, 0.1) is 0 Å². The minimum Gasteiger partial charge on any atom is -0.508 e. The summed E-state index contributed by atoms with van der Waals surface area (Å²) in [6, 6.07) is 9.72. The van der Waals surface area contributed by atoms with Crippen LogP contribution in [0.25, 0.3) is 0 Å². The molecular formula is C27H37N7O7. The second-order valence-corrected chi connectivity index (χ2v) is 9.32. The van der Waals surface area contributed by atoms with Gasteiger partial charge in [-0.1, -0.05) is 42.5 Å². The third-order valence-corrected chi connectivity index (χ3v) is 6.02. The number of nitrogens with one attached hydrogen (secondary N) is 3. The van der Waals surface area contributed by atoms with E-state index in [0.29, 0.717) is 11.1 Å².